The van der Waals surface area contributed by atoms with Gasteiger partial charge in [-0.3, -0.25) is 14.7 Å². The molecule has 2 aromatic heterocycles. The van der Waals surface area contributed by atoms with Crippen LogP contribution in [-0.4, -0.2) is 38.4 Å². The molecule has 0 spiro atoms. The molecule has 0 atom stereocenters. The Labute approximate surface area is 187 Å². The molecular formula is C22H19N5O4S. The van der Waals surface area contributed by atoms with Gasteiger partial charge in [-0.25, -0.2) is 0 Å². The SMILES string of the molecule is Cc1cc(NC(=O)CSc2nnc(-c3ccccc3)n2Cc2ccc3c(c2)OCO3)on1. The largest absolute Gasteiger partial charge is 0.454 e. The first-order chi connectivity index (χ1) is 15.7. The van der Waals surface area contributed by atoms with Crippen molar-refractivity contribution in [2.45, 2.75) is 18.6 Å². The molecule has 0 radical (unpaired) electrons. The molecule has 0 bridgehead atoms. The number of carbonyl (C=O) groups excluding carboxylic acids is 1. The van der Waals surface area contributed by atoms with Crippen LogP contribution in [0.2, 0.25) is 0 Å². The second kappa shape index (κ2) is 8.75. The maximum atomic E-state index is 12.4. The van der Waals surface area contributed by atoms with E-state index in [-0.39, 0.29) is 18.5 Å². The number of nitrogens with zero attached hydrogens (tertiary/aromatic N) is 4. The van der Waals surface area contributed by atoms with Crippen LogP contribution in [0.5, 0.6) is 11.5 Å². The Morgan fingerprint density at radius 2 is 1.94 bits per heavy atom. The standard InChI is InChI=1S/C22H19N5O4S/c1-14-9-20(31-26-14)23-19(28)12-32-22-25-24-21(16-5-3-2-4-6-16)27(22)11-15-7-8-17-18(10-15)30-13-29-17/h2-10H,11-13H2,1H3,(H,23,28). The predicted molar refractivity (Wildman–Crippen MR) is 118 cm³/mol. The number of aromatic nitrogens is 4. The summed E-state index contributed by atoms with van der Waals surface area (Å²) in [7, 11) is 0. The molecule has 0 saturated heterocycles. The summed E-state index contributed by atoms with van der Waals surface area (Å²) in [6.07, 6.45) is 0. The third-order valence-electron chi connectivity index (χ3n) is 4.75. The fourth-order valence-electron chi connectivity index (χ4n) is 3.29. The molecule has 10 heteroatoms. The van der Waals surface area contributed by atoms with E-state index in [2.05, 4.69) is 20.7 Å². The zero-order chi connectivity index (χ0) is 21.9. The maximum absolute atomic E-state index is 12.4. The van der Waals surface area contributed by atoms with Gasteiger partial charge in [-0.1, -0.05) is 53.3 Å². The fourth-order valence-corrected chi connectivity index (χ4v) is 4.02. The van der Waals surface area contributed by atoms with Crippen LogP contribution in [0.4, 0.5) is 5.88 Å². The molecule has 2 aromatic carbocycles. The molecule has 0 aliphatic carbocycles. The number of rotatable bonds is 7. The lowest BCUT2D eigenvalue weighted by Gasteiger charge is -2.11. The minimum atomic E-state index is -0.218. The number of benzene rings is 2. The number of thioether (sulfide) groups is 1. The Bertz CT molecular complexity index is 1250. The van der Waals surface area contributed by atoms with Crippen LogP contribution in [-0.2, 0) is 11.3 Å². The second-order valence-electron chi connectivity index (χ2n) is 7.12. The van der Waals surface area contributed by atoms with E-state index < -0.39 is 0 Å². The zero-order valence-corrected chi connectivity index (χ0v) is 18.0. The highest BCUT2D eigenvalue weighted by Crippen LogP contribution is 2.33. The summed E-state index contributed by atoms with van der Waals surface area (Å²) in [4.78, 5) is 12.4. The highest BCUT2D eigenvalue weighted by Gasteiger charge is 2.19. The molecule has 0 unspecified atom stereocenters. The molecule has 1 aliphatic heterocycles. The number of hydrogen-bond acceptors (Lipinski definition) is 8. The number of hydrogen-bond donors (Lipinski definition) is 1. The number of aryl methyl sites for hydroxylation is 1. The quantitative estimate of drug-likeness (QED) is 0.426. The van der Waals surface area contributed by atoms with Gasteiger partial charge in [0.1, 0.15) is 0 Å². The summed E-state index contributed by atoms with van der Waals surface area (Å²) in [6, 6.07) is 17.3. The monoisotopic (exact) mass is 449 g/mol. The highest BCUT2D eigenvalue weighted by molar-refractivity contribution is 7.99. The Kier molecular flexibility index (Phi) is 5.51. The molecule has 3 heterocycles. The number of nitrogens with one attached hydrogen (secondary N) is 1. The van der Waals surface area contributed by atoms with Gasteiger partial charge in [0.05, 0.1) is 18.0 Å². The molecular weight excluding hydrogens is 430 g/mol. The van der Waals surface area contributed by atoms with Crippen LogP contribution in [0.15, 0.2) is 64.3 Å². The van der Waals surface area contributed by atoms with Gasteiger partial charge in [0.15, 0.2) is 22.5 Å². The number of anilines is 1. The van der Waals surface area contributed by atoms with Crippen LogP contribution in [0, 0.1) is 6.92 Å². The molecule has 1 aliphatic rings. The lowest BCUT2D eigenvalue weighted by atomic mass is 10.2. The Morgan fingerprint density at radius 1 is 1.09 bits per heavy atom. The van der Waals surface area contributed by atoms with Gasteiger partial charge in [0.25, 0.3) is 0 Å². The van der Waals surface area contributed by atoms with Gasteiger partial charge in [-0.2, -0.15) is 0 Å². The van der Waals surface area contributed by atoms with Crippen LogP contribution in [0.1, 0.15) is 11.3 Å². The van der Waals surface area contributed by atoms with Crippen molar-refractivity contribution in [1.82, 2.24) is 19.9 Å². The smallest absolute Gasteiger partial charge is 0.237 e. The van der Waals surface area contributed by atoms with Crippen LogP contribution in [0.3, 0.4) is 0 Å². The first kappa shape index (κ1) is 20.1. The summed E-state index contributed by atoms with van der Waals surface area (Å²) in [5.74, 6) is 2.41. The van der Waals surface area contributed by atoms with Crippen molar-refractivity contribution in [2.75, 3.05) is 17.9 Å². The van der Waals surface area contributed by atoms with Gasteiger partial charge in [-0.15, -0.1) is 10.2 Å². The fraction of sp³-hybridized carbons (Fsp3) is 0.182. The highest BCUT2D eigenvalue weighted by atomic mass is 32.2. The summed E-state index contributed by atoms with van der Waals surface area (Å²) < 4.78 is 17.9. The summed E-state index contributed by atoms with van der Waals surface area (Å²) >= 11 is 1.30. The van der Waals surface area contributed by atoms with E-state index >= 15 is 0 Å². The van der Waals surface area contributed by atoms with Crippen LogP contribution in [0.25, 0.3) is 11.4 Å². The van der Waals surface area contributed by atoms with Gasteiger partial charge in [-0.05, 0) is 24.6 Å². The van der Waals surface area contributed by atoms with E-state index in [4.69, 9.17) is 14.0 Å². The number of ether oxygens (including phenoxy) is 2. The zero-order valence-electron chi connectivity index (χ0n) is 17.1. The van der Waals surface area contributed by atoms with E-state index in [0.717, 1.165) is 22.7 Å². The number of carbonyl (C=O) groups is 1. The minimum absolute atomic E-state index is 0.147. The summed E-state index contributed by atoms with van der Waals surface area (Å²) in [5, 5.41) is 15.8. The predicted octanol–water partition coefficient (Wildman–Crippen LogP) is 3.75. The van der Waals surface area contributed by atoms with Crippen LogP contribution < -0.4 is 14.8 Å². The van der Waals surface area contributed by atoms with Crippen molar-refractivity contribution in [3.8, 4) is 22.9 Å². The van der Waals surface area contributed by atoms with Crippen molar-refractivity contribution in [3.63, 3.8) is 0 Å². The molecule has 4 aromatic rings. The van der Waals surface area contributed by atoms with E-state index in [0.29, 0.717) is 29.0 Å². The van der Waals surface area contributed by atoms with Gasteiger partial charge < -0.3 is 14.0 Å². The molecule has 1 amide bonds. The maximum Gasteiger partial charge on any atom is 0.237 e. The molecule has 32 heavy (non-hydrogen) atoms. The normalized spacial score (nSPS) is 12.2. The van der Waals surface area contributed by atoms with Crippen molar-refractivity contribution >= 4 is 23.6 Å². The molecule has 9 nitrogen and oxygen atoms in total. The second-order valence-corrected chi connectivity index (χ2v) is 8.06. The first-order valence-corrected chi connectivity index (χ1v) is 10.9. The Hall–Kier alpha value is -3.79. The Morgan fingerprint density at radius 3 is 2.75 bits per heavy atom. The molecule has 1 N–H and O–H groups in total. The third kappa shape index (κ3) is 4.30. The van der Waals surface area contributed by atoms with E-state index in [1.165, 1.54) is 11.8 Å². The third-order valence-corrected chi connectivity index (χ3v) is 5.72. The lowest BCUT2D eigenvalue weighted by Crippen LogP contribution is -2.14. The topological polar surface area (TPSA) is 104 Å². The lowest BCUT2D eigenvalue weighted by molar-refractivity contribution is -0.113. The first-order valence-electron chi connectivity index (χ1n) is 9.89. The summed E-state index contributed by atoms with van der Waals surface area (Å²) in [6.45, 7) is 2.53. The molecule has 0 saturated carbocycles. The van der Waals surface area contributed by atoms with Crippen LogP contribution >= 0.6 is 11.8 Å². The number of amides is 1. The van der Waals surface area contributed by atoms with Gasteiger partial charge in [0.2, 0.25) is 18.6 Å². The molecule has 162 valence electrons. The van der Waals surface area contributed by atoms with Crippen molar-refractivity contribution < 1.29 is 18.8 Å². The van der Waals surface area contributed by atoms with Gasteiger partial charge in [0, 0.05) is 11.6 Å². The van der Waals surface area contributed by atoms with Gasteiger partial charge >= 0.3 is 0 Å². The number of fused-ring (bicyclic) bond motifs is 1. The minimum Gasteiger partial charge on any atom is -0.454 e. The van der Waals surface area contributed by atoms with Crippen molar-refractivity contribution in [3.05, 3.63) is 65.9 Å². The average Bonchev–Trinajstić information content (AvgIpc) is 3.53. The van der Waals surface area contributed by atoms with Crippen molar-refractivity contribution in [2.24, 2.45) is 0 Å². The Balaban J connectivity index is 1.38. The van der Waals surface area contributed by atoms with E-state index in [9.17, 15) is 4.79 Å². The average molecular weight is 449 g/mol. The molecule has 0 fully saturated rings. The van der Waals surface area contributed by atoms with Crippen molar-refractivity contribution in [1.29, 1.82) is 0 Å². The molecule has 5 rings (SSSR count). The summed E-state index contributed by atoms with van der Waals surface area (Å²) in [5.41, 5.74) is 2.65. The van der Waals surface area contributed by atoms with E-state index in [1.54, 1.807) is 13.0 Å². The van der Waals surface area contributed by atoms with E-state index in [1.807, 2.05) is 53.1 Å².